The molecule has 0 saturated carbocycles. The number of alkyl halides is 3. The molecule has 0 fully saturated rings. The van der Waals surface area contributed by atoms with E-state index in [1.165, 1.54) is 17.4 Å². The molecule has 0 aliphatic heterocycles. The van der Waals surface area contributed by atoms with Crippen molar-refractivity contribution < 1.29 is 13.2 Å². The largest absolute Gasteiger partial charge is 0.417 e. The zero-order valence-corrected chi connectivity index (χ0v) is 15.7. The highest BCUT2D eigenvalue weighted by Crippen LogP contribution is 2.44. The Bertz CT molecular complexity index is 937. The molecule has 5 heteroatoms. The summed E-state index contributed by atoms with van der Waals surface area (Å²) in [7, 11) is 0. The number of hydrogen-bond donors (Lipinski definition) is 1. The van der Waals surface area contributed by atoms with E-state index in [2.05, 4.69) is 0 Å². The van der Waals surface area contributed by atoms with Gasteiger partial charge in [0.05, 0.1) is 5.56 Å². The minimum atomic E-state index is -4.43. The Morgan fingerprint density at radius 2 is 1.50 bits per heavy atom. The Kier molecular flexibility index (Phi) is 4.95. The molecule has 3 rings (SSSR count). The lowest BCUT2D eigenvalue weighted by atomic mass is 9.96. The predicted molar refractivity (Wildman–Crippen MR) is 102 cm³/mol. The molecule has 0 unspecified atom stereocenters. The molecule has 2 aromatic carbocycles. The van der Waals surface area contributed by atoms with Crippen molar-refractivity contribution in [3.05, 3.63) is 69.6 Å². The first-order chi connectivity index (χ1) is 12.2. The standard InChI is InChI=1S/C21H20F3NS/c1-12-4-6-15(7-5-12)16-8-9-17(18(10-16)21(22,23)24)20-14(3)13(2)19(11-25)26-20/h4-10H,11,25H2,1-3H3. The molecule has 0 bridgehead atoms. The third-order valence-corrected chi connectivity index (χ3v) is 6.14. The van der Waals surface area contributed by atoms with Gasteiger partial charge in [0, 0.05) is 21.9 Å². The quantitative estimate of drug-likeness (QED) is 0.557. The first kappa shape index (κ1) is 18.7. The molecule has 136 valence electrons. The SMILES string of the molecule is Cc1ccc(-c2ccc(-c3sc(CN)c(C)c3C)c(C(F)(F)F)c2)cc1. The summed E-state index contributed by atoms with van der Waals surface area (Å²) in [6.45, 7) is 6.05. The summed E-state index contributed by atoms with van der Waals surface area (Å²) in [4.78, 5) is 1.57. The molecule has 0 saturated heterocycles. The summed E-state index contributed by atoms with van der Waals surface area (Å²) < 4.78 is 41.4. The Hall–Kier alpha value is -2.11. The number of aryl methyl sites for hydroxylation is 1. The van der Waals surface area contributed by atoms with Gasteiger partial charge in [-0.05, 0) is 49.1 Å². The van der Waals surface area contributed by atoms with Gasteiger partial charge >= 0.3 is 6.18 Å². The van der Waals surface area contributed by atoms with Crippen LogP contribution in [0.3, 0.4) is 0 Å². The smallest absolute Gasteiger partial charge is 0.326 e. The lowest BCUT2D eigenvalue weighted by molar-refractivity contribution is -0.137. The van der Waals surface area contributed by atoms with E-state index in [-0.39, 0.29) is 5.56 Å². The van der Waals surface area contributed by atoms with E-state index in [1.54, 1.807) is 12.1 Å². The second-order valence-corrected chi connectivity index (χ2v) is 7.54. The number of hydrogen-bond acceptors (Lipinski definition) is 2. The fraction of sp³-hybridized carbons (Fsp3) is 0.238. The lowest BCUT2D eigenvalue weighted by Gasteiger charge is -2.15. The van der Waals surface area contributed by atoms with Crippen LogP contribution in [0.4, 0.5) is 13.2 Å². The van der Waals surface area contributed by atoms with E-state index >= 15 is 0 Å². The van der Waals surface area contributed by atoms with Gasteiger partial charge in [0.15, 0.2) is 0 Å². The molecule has 0 aliphatic carbocycles. The van der Waals surface area contributed by atoms with E-state index in [9.17, 15) is 13.2 Å². The van der Waals surface area contributed by atoms with Crippen LogP contribution in [0.1, 0.15) is 27.1 Å². The maximum atomic E-state index is 13.8. The molecule has 26 heavy (non-hydrogen) atoms. The maximum absolute atomic E-state index is 13.8. The van der Waals surface area contributed by atoms with Gasteiger partial charge in [-0.15, -0.1) is 11.3 Å². The van der Waals surface area contributed by atoms with E-state index in [1.807, 2.05) is 45.0 Å². The summed E-state index contributed by atoms with van der Waals surface area (Å²) >= 11 is 1.35. The summed E-state index contributed by atoms with van der Waals surface area (Å²) in [5.41, 5.74) is 9.59. The van der Waals surface area contributed by atoms with Crippen LogP contribution in [0.15, 0.2) is 42.5 Å². The highest BCUT2D eigenvalue weighted by molar-refractivity contribution is 7.15. The molecule has 0 spiro atoms. The van der Waals surface area contributed by atoms with Gasteiger partial charge in [-0.2, -0.15) is 13.2 Å². The van der Waals surface area contributed by atoms with Crippen molar-refractivity contribution in [1.82, 2.24) is 0 Å². The summed E-state index contributed by atoms with van der Waals surface area (Å²) in [6.07, 6.45) is -4.43. The van der Waals surface area contributed by atoms with Gasteiger partial charge in [-0.1, -0.05) is 42.0 Å². The molecule has 0 aliphatic rings. The van der Waals surface area contributed by atoms with Crippen LogP contribution in [0.25, 0.3) is 21.6 Å². The highest BCUT2D eigenvalue weighted by Gasteiger charge is 2.35. The van der Waals surface area contributed by atoms with Crippen molar-refractivity contribution in [3.63, 3.8) is 0 Å². The van der Waals surface area contributed by atoms with Crippen molar-refractivity contribution in [2.24, 2.45) is 5.73 Å². The third kappa shape index (κ3) is 3.41. The molecular formula is C21H20F3NS. The third-order valence-electron chi connectivity index (χ3n) is 4.69. The molecule has 0 amide bonds. The molecule has 3 aromatic rings. The predicted octanol–water partition coefficient (Wildman–Crippen LogP) is 6.48. The summed E-state index contributed by atoms with van der Waals surface area (Å²) in [6, 6.07) is 12.1. The van der Waals surface area contributed by atoms with Crippen LogP contribution in [0.5, 0.6) is 0 Å². The zero-order chi connectivity index (χ0) is 19.1. The zero-order valence-electron chi connectivity index (χ0n) is 14.9. The minimum absolute atomic E-state index is 0.221. The fourth-order valence-corrected chi connectivity index (χ4v) is 4.24. The number of halogens is 3. The minimum Gasteiger partial charge on any atom is -0.326 e. The second-order valence-electron chi connectivity index (χ2n) is 6.43. The Morgan fingerprint density at radius 3 is 2.04 bits per heavy atom. The van der Waals surface area contributed by atoms with E-state index in [4.69, 9.17) is 5.73 Å². The van der Waals surface area contributed by atoms with Gasteiger partial charge in [0.1, 0.15) is 0 Å². The molecule has 1 nitrogen and oxygen atoms in total. The Balaban J connectivity index is 2.19. The Morgan fingerprint density at radius 1 is 0.885 bits per heavy atom. The number of thiophene rings is 1. The van der Waals surface area contributed by atoms with Crippen LogP contribution >= 0.6 is 11.3 Å². The van der Waals surface area contributed by atoms with E-state index in [0.29, 0.717) is 17.0 Å². The molecule has 0 radical (unpaired) electrons. The molecule has 1 aromatic heterocycles. The Labute approximate surface area is 155 Å². The van der Waals surface area contributed by atoms with Crippen molar-refractivity contribution >= 4 is 11.3 Å². The highest BCUT2D eigenvalue weighted by atomic mass is 32.1. The van der Waals surface area contributed by atoms with Gasteiger partial charge in [-0.25, -0.2) is 0 Å². The van der Waals surface area contributed by atoms with Crippen LogP contribution in [-0.4, -0.2) is 0 Å². The first-order valence-electron chi connectivity index (χ1n) is 8.30. The fourth-order valence-electron chi connectivity index (χ4n) is 3.01. The van der Waals surface area contributed by atoms with Crippen LogP contribution in [0, 0.1) is 20.8 Å². The topological polar surface area (TPSA) is 26.0 Å². The van der Waals surface area contributed by atoms with E-state index in [0.717, 1.165) is 27.1 Å². The van der Waals surface area contributed by atoms with Gasteiger partial charge in [0.25, 0.3) is 0 Å². The lowest BCUT2D eigenvalue weighted by Crippen LogP contribution is -2.07. The molecule has 2 N–H and O–H groups in total. The maximum Gasteiger partial charge on any atom is 0.417 e. The van der Waals surface area contributed by atoms with Gasteiger partial charge < -0.3 is 5.73 Å². The van der Waals surface area contributed by atoms with Crippen molar-refractivity contribution in [2.75, 3.05) is 0 Å². The second kappa shape index (κ2) is 6.89. The summed E-state index contributed by atoms with van der Waals surface area (Å²) in [5, 5.41) is 0. The number of benzene rings is 2. The summed E-state index contributed by atoms with van der Waals surface area (Å²) in [5.74, 6) is 0. The van der Waals surface area contributed by atoms with E-state index < -0.39 is 11.7 Å². The van der Waals surface area contributed by atoms with Crippen LogP contribution in [0.2, 0.25) is 0 Å². The molecule has 1 heterocycles. The van der Waals surface area contributed by atoms with Crippen molar-refractivity contribution in [2.45, 2.75) is 33.5 Å². The van der Waals surface area contributed by atoms with Gasteiger partial charge in [-0.3, -0.25) is 0 Å². The monoisotopic (exact) mass is 375 g/mol. The first-order valence-corrected chi connectivity index (χ1v) is 9.11. The normalized spacial score (nSPS) is 11.8. The number of nitrogens with two attached hydrogens (primary N) is 1. The van der Waals surface area contributed by atoms with Crippen LogP contribution in [-0.2, 0) is 12.7 Å². The van der Waals surface area contributed by atoms with Gasteiger partial charge in [0.2, 0.25) is 0 Å². The van der Waals surface area contributed by atoms with Crippen molar-refractivity contribution in [1.29, 1.82) is 0 Å². The average molecular weight is 375 g/mol. The van der Waals surface area contributed by atoms with Crippen molar-refractivity contribution in [3.8, 4) is 21.6 Å². The average Bonchev–Trinajstić information content (AvgIpc) is 2.89. The van der Waals surface area contributed by atoms with Crippen LogP contribution < -0.4 is 5.73 Å². The molecular weight excluding hydrogens is 355 g/mol. The molecule has 0 atom stereocenters. The number of rotatable bonds is 3.